The Morgan fingerprint density at radius 1 is 1.40 bits per heavy atom. The Bertz CT molecular complexity index is 515. The highest BCUT2D eigenvalue weighted by molar-refractivity contribution is 5.81. The molecule has 108 valence electrons. The number of benzene rings is 1. The lowest BCUT2D eigenvalue weighted by atomic mass is 10.2. The van der Waals surface area contributed by atoms with Gasteiger partial charge in [-0.25, -0.2) is 8.78 Å². The Balaban J connectivity index is 3.02. The average Bonchev–Trinajstić information content (AvgIpc) is 2.35. The molecular formula is C14H17F2N3O. The summed E-state index contributed by atoms with van der Waals surface area (Å²) in [6, 6.07) is 3.56. The van der Waals surface area contributed by atoms with Gasteiger partial charge in [-0.3, -0.25) is 4.79 Å². The van der Waals surface area contributed by atoms with E-state index in [1.165, 1.54) is 4.90 Å². The molecule has 0 heterocycles. The number of hydrogen-bond acceptors (Lipinski definition) is 3. The molecular weight excluding hydrogens is 264 g/mol. The van der Waals surface area contributed by atoms with Gasteiger partial charge in [-0.1, -0.05) is 0 Å². The molecule has 0 unspecified atom stereocenters. The third kappa shape index (κ3) is 3.92. The fourth-order valence-corrected chi connectivity index (χ4v) is 1.82. The molecule has 1 rings (SSSR count). The van der Waals surface area contributed by atoms with Crippen molar-refractivity contribution in [2.24, 2.45) is 0 Å². The Morgan fingerprint density at radius 2 is 1.95 bits per heavy atom. The number of nitrogens with zero attached hydrogens (tertiary/aromatic N) is 2. The fraction of sp³-hybridized carbons (Fsp3) is 0.429. The molecule has 0 saturated carbocycles. The monoisotopic (exact) mass is 281 g/mol. The zero-order chi connectivity index (χ0) is 15.3. The van der Waals surface area contributed by atoms with Crippen LogP contribution in [0.15, 0.2) is 12.1 Å². The van der Waals surface area contributed by atoms with Gasteiger partial charge in [0.05, 0.1) is 18.2 Å². The van der Waals surface area contributed by atoms with E-state index in [4.69, 9.17) is 5.26 Å². The summed E-state index contributed by atoms with van der Waals surface area (Å²) in [7, 11) is 0. The number of likely N-dealkylation sites (N-methyl/N-ethyl adjacent to an activating group) is 1. The minimum Gasteiger partial charge on any atom is -0.358 e. The van der Waals surface area contributed by atoms with E-state index >= 15 is 0 Å². The SMILES string of the molecule is CCN(CC(=O)NC(C)C)c1c(F)cc(C#N)cc1F. The zero-order valence-corrected chi connectivity index (χ0v) is 11.7. The first-order valence-corrected chi connectivity index (χ1v) is 6.32. The lowest BCUT2D eigenvalue weighted by Crippen LogP contribution is -2.40. The highest BCUT2D eigenvalue weighted by Gasteiger charge is 2.19. The highest BCUT2D eigenvalue weighted by atomic mass is 19.1. The maximum atomic E-state index is 13.9. The van der Waals surface area contributed by atoms with E-state index in [-0.39, 0.29) is 36.3 Å². The molecule has 1 aromatic carbocycles. The van der Waals surface area contributed by atoms with Gasteiger partial charge in [-0.05, 0) is 32.9 Å². The van der Waals surface area contributed by atoms with Crippen molar-refractivity contribution in [2.45, 2.75) is 26.8 Å². The van der Waals surface area contributed by atoms with Crippen molar-refractivity contribution in [1.29, 1.82) is 5.26 Å². The predicted molar refractivity (Wildman–Crippen MR) is 72.2 cm³/mol. The summed E-state index contributed by atoms with van der Waals surface area (Å²) >= 11 is 0. The molecule has 0 radical (unpaired) electrons. The van der Waals surface area contributed by atoms with Gasteiger partial charge in [0.2, 0.25) is 5.91 Å². The number of nitriles is 1. The molecule has 0 aliphatic heterocycles. The van der Waals surface area contributed by atoms with Crippen molar-refractivity contribution >= 4 is 11.6 Å². The van der Waals surface area contributed by atoms with E-state index in [1.54, 1.807) is 26.8 Å². The van der Waals surface area contributed by atoms with Gasteiger partial charge in [0, 0.05) is 12.6 Å². The van der Waals surface area contributed by atoms with Gasteiger partial charge in [0.25, 0.3) is 0 Å². The van der Waals surface area contributed by atoms with E-state index < -0.39 is 11.6 Å². The second-order valence-corrected chi connectivity index (χ2v) is 4.64. The Morgan fingerprint density at radius 3 is 2.35 bits per heavy atom. The Hall–Kier alpha value is -2.16. The summed E-state index contributed by atoms with van der Waals surface area (Å²) in [5, 5.41) is 11.3. The van der Waals surface area contributed by atoms with E-state index in [0.717, 1.165) is 12.1 Å². The average molecular weight is 281 g/mol. The summed E-state index contributed by atoms with van der Waals surface area (Å²) in [5.74, 6) is -2.01. The molecule has 0 saturated heterocycles. The largest absolute Gasteiger partial charge is 0.358 e. The zero-order valence-electron chi connectivity index (χ0n) is 11.7. The summed E-state index contributed by atoms with van der Waals surface area (Å²) < 4.78 is 27.8. The third-order valence-electron chi connectivity index (χ3n) is 2.63. The first-order valence-electron chi connectivity index (χ1n) is 6.32. The van der Waals surface area contributed by atoms with Gasteiger partial charge in [-0.15, -0.1) is 0 Å². The molecule has 0 atom stereocenters. The van der Waals surface area contributed by atoms with Crippen molar-refractivity contribution in [2.75, 3.05) is 18.0 Å². The molecule has 0 aliphatic rings. The van der Waals surface area contributed by atoms with Crippen LogP contribution >= 0.6 is 0 Å². The molecule has 0 spiro atoms. The van der Waals surface area contributed by atoms with Crippen molar-refractivity contribution in [3.8, 4) is 6.07 Å². The van der Waals surface area contributed by atoms with Gasteiger partial charge >= 0.3 is 0 Å². The van der Waals surface area contributed by atoms with E-state index in [0.29, 0.717) is 0 Å². The molecule has 4 nitrogen and oxygen atoms in total. The van der Waals surface area contributed by atoms with Crippen LogP contribution < -0.4 is 10.2 Å². The molecule has 1 aromatic rings. The van der Waals surface area contributed by atoms with Crippen LogP contribution in [0.3, 0.4) is 0 Å². The van der Waals surface area contributed by atoms with Gasteiger partial charge in [-0.2, -0.15) is 5.26 Å². The minimum atomic E-state index is -0.847. The Kier molecular flexibility index (Phi) is 5.44. The molecule has 0 bridgehead atoms. The number of anilines is 1. The van der Waals surface area contributed by atoms with Crippen LogP contribution in [0.2, 0.25) is 0 Å². The predicted octanol–water partition coefficient (Wildman–Crippen LogP) is 2.19. The molecule has 6 heteroatoms. The maximum absolute atomic E-state index is 13.9. The lowest BCUT2D eigenvalue weighted by molar-refractivity contribution is -0.120. The molecule has 0 aliphatic carbocycles. The quantitative estimate of drug-likeness (QED) is 0.900. The molecule has 20 heavy (non-hydrogen) atoms. The van der Waals surface area contributed by atoms with Crippen molar-refractivity contribution < 1.29 is 13.6 Å². The standard InChI is InChI=1S/C14H17F2N3O/c1-4-19(8-13(20)18-9(2)3)14-11(15)5-10(7-17)6-12(14)16/h5-6,9H,4,8H2,1-3H3,(H,18,20). The van der Waals surface area contributed by atoms with E-state index in [9.17, 15) is 13.6 Å². The number of amides is 1. The number of halogens is 2. The molecule has 0 aromatic heterocycles. The van der Waals surface area contributed by atoms with Crippen LogP contribution in [0, 0.1) is 23.0 Å². The van der Waals surface area contributed by atoms with Gasteiger partial charge in [0.15, 0.2) is 11.6 Å². The first-order chi connectivity index (χ1) is 9.38. The first kappa shape index (κ1) is 15.9. The lowest BCUT2D eigenvalue weighted by Gasteiger charge is -2.24. The smallest absolute Gasteiger partial charge is 0.239 e. The normalized spacial score (nSPS) is 10.2. The highest BCUT2D eigenvalue weighted by Crippen LogP contribution is 2.24. The van der Waals surface area contributed by atoms with Crippen molar-refractivity contribution in [1.82, 2.24) is 5.32 Å². The molecule has 1 N–H and O–H groups in total. The van der Waals surface area contributed by atoms with Gasteiger partial charge in [0.1, 0.15) is 5.69 Å². The van der Waals surface area contributed by atoms with Crippen LogP contribution in [0.1, 0.15) is 26.3 Å². The second-order valence-electron chi connectivity index (χ2n) is 4.64. The van der Waals surface area contributed by atoms with Crippen LogP contribution in [-0.2, 0) is 4.79 Å². The summed E-state index contributed by atoms with van der Waals surface area (Å²) in [4.78, 5) is 13.0. The Labute approximate surface area is 117 Å². The van der Waals surface area contributed by atoms with E-state index in [1.807, 2.05) is 0 Å². The van der Waals surface area contributed by atoms with Crippen molar-refractivity contribution in [3.63, 3.8) is 0 Å². The van der Waals surface area contributed by atoms with Crippen LogP contribution in [0.4, 0.5) is 14.5 Å². The van der Waals surface area contributed by atoms with E-state index in [2.05, 4.69) is 5.32 Å². The number of carbonyl (C=O) groups is 1. The number of nitrogens with one attached hydrogen (secondary N) is 1. The minimum absolute atomic E-state index is 0.0446. The topological polar surface area (TPSA) is 56.1 Å². The maximum Gasteiger partial charge on any atom is 0.239 e. The summed E-state index contributed by atoms with van der Waals surface area (Å²) in [5.41, 5.74) is -0.378. The second kappa shape index (κ2) is 6.85. The summed E-state index contributed by atoms with van der Waals surface area (Å²) in [6.45, 7) is 5.42. The van der Waals surface area contributed by atoms with Crippen LogP contribution in [-0.4, -0.2) is 25.0 Å². The molecule has 0 fully saturated rings. The van der Waals surface area contributed by atoms with Crippen LogP contribution in [0.25, 0.3) is 0 Å². The van der Waals surface area contributed by atoms with Crippen molar-refractivity contribution in [3.05, 3.63) is 29.3 Å². The summed E-state index contributed by atoms with van der Waals surface area (Å²) in [6.07, 6.45) is 0. The number of rotatable bonds is 5. The van der Waals surface area contributed by atoms with Crippen LogP contribution in [0.5, 0.6) is 0 Å². The number of hydrogen-bond donors (Lipinski definition) is 1. The third-order valence-corrected chi connectivity index (χ3v) is 2.63. The molecule has 1 amide bonds. The van der Waals surface area contributed by atoms with Gasteiger partial charge < -0.3 is 10.2 Å². The fourth-order valence-electron chi connectivity index (χ4n) is 1.82. The number of carbonyl (C=O) groups excluding carboxylic acids is 1.